The van der Waals surface area contributed by atoms with E-state index >= 15 is 0 Å². The fourth-order valence-electron chi connectivity index (χ4n) is 1.95. The Morgan fingerprint density at radius 2 is 1.43 bits per heavy atom. The fraction of sp³-hybridized carbons (Fsp3) is 0.778. The third-order valence-corrected chi connectivity index (χ3v) is 2.63. The van der Waals surface area contributed by atoms with E-state index in [1.165, 1.54) is 0 Å². The second kappa shape index (κ2) is 6.24. The molecule has 1 aliphatic rings. The molecule has 0 aromatic carbocycles. The van der Waals surface area contributed by atoms with E-state index < -0.39 is 17.9 Å². The van der Waals surface area contributed by atoms with Gasteiger partial charge in [-0.1, -0.05) is 19.3 Å². The van der Waals surface area contributed by atoms with Gasteiger partial charge in [0, 0.05) is 5.92 Å². The molecule has 1 fully saturated rings. The van der Waals surface area contributed by atoms with Crippen molar-refractivity contribution in [2.45, 2.75) is 32.1 Å². The minimum atomic E-state index is -1.51. The second-order valence-corrected chi connectivity index (χ2v) is 3.51. The molecule has 0 spiro atoms. The van der Waals surface area contributed by atoms with E-state index in [4.69, 9.17) is 0 Å². The van der Waals surface area contributed by atoms with Crippen LogP contribution < -0.4 is 10.2 Å². The number of carbonyl (C=O) groups excluding carboxylic acids is 2. The summed E-state index contributed by atoms with van der Waals surface area (Å²) in [6, 6.07) is 0. The normalized spacial score (nSPS) is 17.5. The maximum absolute atomic E-state index is 10.5. The summed E-state index contributed by atoms with van der Waals surface area (Å²) in [6.07, 6.45) is 4.19. The fourth-order valence-corrected chi connectivity index (χ4v) is 1.95. The standard InChI is InChI=1S/C9H14O4.Mg/c10-8(11)7(9(12)13)6-4-2-1-3-5-6;/h6-7H,1-5H2,(H,10,11)(H,12,13);/q;+2/p-2. The van der Waals surface area contributed by atoms with Gasteiger partial charge >= 0.3 is 23.1 Å². The third kappa shape index (κ3) is 3.46. The van der Waals surface area contributed by atoms with E-state index in [2.05, 4.69) is 0 Å². The van der Waals surface area contributed by atoms with Crippen LogP contribution in [-0.2, 0) is 9.59 Å². The maximum atomic E-state index is 10.5. The molecule has 0 saturated heterocycles. The van der Waals surface area contributed by atoms with Gasteiger partial charge in [-0.05, 0) is 18.8 Å². The predicted octanol–water partition coefficient (Wildman–Crippen LogP) is -1.70. The summed E-state index contributed by atoms with van der Waals surface area (Å²) in [4.78, 5) is 21.0. The van der Waals surface area contributed by atoms with Crippen molar-refractivity contribution in [1.29, 1.82) is 0 Å². The zero-order valence-corrected chi connectivity index (χ0v) is 9.44. The minimum absolute atomic E-state index is 0. The van der Waals surface area contributed by atoms with Gasteiger partial charge in [-0.3, -0.25) is 0 Å². The molecule has 0 atom stereocenters. The Labute approximate surface area is 98.8 Å². The van der Waals surface area contributed by atoms with Crippen LogP contribution >= 0.6 is 0 Å². The van der Waals surface area contributed by atoms with Crippen molar-refractivity contribution in [3.63, 3.8) is 0 Å². The molecule has 4 nitrogen and oxygen atoms in total. The molecular formula is C9H12MgO4. The maximum Gasteiger partial charge on any atom is 2.00 e. The molecule has 0 aromatic heterocycles. The van der Waals surface area contributed by atoms with Gasteiger partial charge in [-0.15, -0.1) is 0 Å². The van der Waals surface area contributed by atoms with E-state index in [-0.39, 0.29) is 29.0 Å². The summed E-state index contributed by atoms with van der Waals surface area (Å²) in [7, 11) is 0. The summed E-state index contributed by atoms with van der Waals surface area (Å²) in [6.45, 7) is 0. The van der Waals surface area contributed by atoms with E-state index in [1.807, 2.05) is 0 Å². The van der Waals surface area contributed by atoms with Crippen LogP contribution in [0, 0.1) is 11.8 Å². The van der Waals surface area contributed by atoms with Crippen LogP contribution in [0.2, 0.25) is 0 Å². The van der Waals surface area contributed by atoms with Crippen LogP contribution in [0.1, 0.15) is 32.1 Å². The molecule has 0 aliphatic heterocycles. The van der Waals surface area contributed by atoms with Crippen LogP contribution in [0.25, 0.3) is 0 Å². The van der Waals surface area contributed by atoms with E-state index in [9.17, 15) is 19.8 Å². The summed E-state index contributed by atoms with van der Waals surface area (Å²) in [5, 5.41) is 21.0. The molecule has 14 heavy (non-hydrogen) atoms. The van der Waals surface area contributed by atoms with Crippen molar-refractivity contribution in [2.75, 3.05) is 0 Å². The number of carbonyl (C=O) groups is 2. The molecule has 74 valence electrons. The topological polar surface area (TPSA) is 80.3 Å². The first kappa shape index (κ1) is 13.7. The monoisotopic (exact) mass is 208 g/mol. The van der Waals surface area contributed by atoms with E-state index in [0.29, 0.717) is 12.8 Å². The van der Waals surface area contributed by atoms with E-state index in [0.717, 1.165) is 19.3 Å². The molecule has 0 bridgehead atoms. The van der Waals surface area contributed by atoms with Crippen LogP contribution in [0.4, 0.5) is 0 Å². The first-order valence-electron chi connectivity index (χ1n) is 4.54. The molecule has 1 aliphatic carbocycles. The Hall–Kier alpha value is -0.294. The Kier molecular flexibility index (Phi) is 6.11. The summed E-state index contributed by atoms with van der Waals surface area (Å²) in [5.74, 6) is -4.72. The second-order valence-electron chi connectivity index (χ2n) is 3.51. The Morgan fingerprint density at radius 3 is 1.79 bits per heavy atom. The molecule has 1 rings (SSSR count). The van der Waals surface area contributed by atoms with Crippen molar-refractivity contribution < 1.29 is 19.8 Å². The number of rotatable bonds is 3. The zero-order valence-electron chi connectivity index (χ0n) is 8.03. The Balaban J connectivity index is 0.00000169. The van der Waals surface area contributed by atoms with Crippen LogP contribution in [-0.4, -0.2) is 35.0 Å². The Bertz CT molecular complexity index is 197. The van der Waals surface area contributed by atoms with Gasteiger partial charge in [0.2, 0.25) is 0 Å². The minimum Gasteiger partial charge on any atom is -0.549 e. The smallest absolute Gasteiger partial charge is 0.549 e. The summed E-state index contributed by atoms with van der Waals surface area (Å²) in [5.41, 5.74) is 0. The van der Waals surface area contributed by atoms with Crippen molar-refractivity contribution in [1.82, 2.24) is 0 Å². The van der Waals surface area contributed by atoms with Crippen molar-refractivity contribution >= 4 is 35.0 Å². The summed E-state index contributed by atoms with van der Waals surface area (Å²) >= 11 is 0. The van der Waals surface area contributed by atoms with Gasteiger partial charge in [-0.2, -0.15) is 0 Å². The van der Waals surface area contributed by atoms with Gasteiger partial charge in [0.25, 0.3) is 0 Å². The molecule has 0 heterocycles. The van der Waals surface area contributed by atoms with Gasteiger partial charge in [-0.25, -0.2) is 0 Å². The van der Waals surface area contributed by atoms with E-state index in [1.54, 1.807) is 0 Å². The average molecular weight is 208 g/mol. The molecule has 0 unspecified atom stereocenters. The molecule has 0 amide bonds. The summed E-state index contributed by atoms with van der Waals surface area (Å²) < 4.78 is 0. The van der Waals surface area contributed by atoms with Gasteiger partial charge in [0.15, 0.2) is 0 Å². The van der Waals surface area contributed by atoms with Crippen molar-refractivity contribution in [3.8, 4) is 0 Å². The predicted molar refractivity (Wildman–Crippen MR) is 45.8 cm³/mol. The van der Waals surface area contributed by atoms with Crippen LogP contribution in [0.5, 0.6) is 0 Å². The van der Waals surface area contributed by atoms with Crippen molar-refractivity contribution in [3.05, 3.63) is 0 Å². The molecule has 0 N–H and O–H groups in total. The number of hydrogen-bond donors (Lipinski definition) is 0. The quantitative estimate of drug-likeness (QED) is 0.409. The average Bonchev–Trinajstić information content (AvgIpc) is 2.04. The van der Waals surface area contributed by atoms with Crippen LogP contribution in [0.15, 0.2) is 0 Å². The van der Waals surface area contributed by atoms with Crippen LogP contribution in [0.3, 0.4) is 0 Å². The molecule has 0 radical (unpaired) electrons. The molecular weight excluding hydrogens is 196 g/mol. The third-order valence-electron chi connectivity index (χ3n) is 2.63. The largest absolute Gasteiger partial charge is 2.00 e. The number of aliphatic carboxylic acids is 2. The van der Waals surface area contributed by atoms with Crippen molar-refractivity contribution in [2.24, 2.45) is 11.8 Å². The first-order chi connectivity index (χ1) is 6.13. The van der Waals surface area contributed by atoms with Gasteiger partial charge in [0.1, 0.15) is 0 Å². The number of carboxylic acid groups (broad SMARTS) is 2. The van der Waals surface area contributed by atoms with Gasteiger partial charge < -0.3 is 19.8 Å². The molecule has 1 saturated carbocycles. The molecule has 5 heteroatoms. The van der Waals surface area contributed by atoms with Gasteiger partial charge in [0.05, 0.1) is 11.9 Å². The number of hydrogen-bond acceptors (Lipinski definition) is 4. The SMILES string of the molecule is O=C([O-])C(C(=O)[O-])C1CCCCC1.[Mg+2]. The number of carboxylic acids is 2. The molecule has 0 aromatic rings. The zero-order chi connectivity index (χ0) is 9.84. The first-order valence-corrected chi connectivity index (χ1v) is 4.54. The Morgan fingerprint density at radius 1 is 1.00 bits per heavy atom.